The fourth-order valence-electron chi connectivity index (χ4n) is 1.39. The summed E-state index contributed by atoms with van der Waals surface area (Å²) < 4.78 is 21.9. The first-order valence-electron chi connectivity index (χ1n) is 4.12. The maximum absolute atomic E-state index is 11.0. The van der Waals surface area contributed by atoms with Crippen LogP contribution in [0.2, 0.25) is 0 Å². The van der Waals surface area contributed by atoms with E-state index in [1.165, 1.54) is 12.2 Å². The number of hydrogen-bond acceptors (Lipinski definition) is 4. The highest BCUT2D eigenvalue weighted by molar-refractivity contribution is 7.93. The van der Waals surface area contributed by atoms with Gasteiger partial charge in [-0.25, -0.2) is 13.6 Å². The third-order valence-corrected chi connectivity index (χ3v) is 3.24. The average molecular weight is 217 g/mol. The lowest BCUT2D eigenvalue weighted by Gasteiger charge is -2.19. The summed E-state index contributed by atoms with van der Waals surface area (Å²) in [6, 6.07) is 0. The van der Waals surface area contributed by atoms with Crippen molar-refractivity contribution in [3.8, 4) is 0 Å². The van der Waals surface area contributed by atoms with Crippen molar-refractivity contribution in [2.45, 2.75) is 13.3 Å². The van der Waals surface area contributed by atoms with E-state index in [2.05, 4.69) is 0 Å². The molecule has 0 aromatic heterocycles. The summed E-state index contributed by atoms with van der Waals surface area (Å²) in [6.07, 6.45) is 2.91. The van der Waals surface area contributed by atoms with Crippen LogP contribution in [0.3, 0.4) is 0 Å². The van der Waals surface area contributed by atoms with E-state index in [9.17, 15) is 8.42 Å². The van der Waals surface area contributed by atoms with E-state index >= 15 is 0 Å². The Hall–Kier alpha value is -0.625. The first-order chi connectivity index (χ1) is 6.32. The van der Waals surface area contributed by atoms with Crippen molar-refractivity contribution in [1.29, 1.82) is 0 Å². The van der Waals surface area contributed by atoms with Gasteiger partial charge in [0.2, 0.25) is 10.0 Å². The van der Waals surface area contributed by atoms with Crippen LogP contribution in [-0.4, -0.2) is 25.6 Å². The molecule has 0 aromatic rings. The van der Waals surface area contributed by atoms with E-state index in [0.717, 1.165) is 0 Å². The summed E-state index contributed by atoms with van der Waals surface area (Å²) in [6.45, 7) is 1.71. The molecular formula is C7H12BNO4S. The van der Waals surface area contributed by atoms with Gasteiger partial charge in [-0.3, -0.25) is 0 Å². The molecule has 0 saturated carbocycles. The first kappa shape index (κ1) is 11.4. The molecule has 0 saturated heterocycles. The van der Waals surface area contributed by atoms with Crippen molar-refractivity contribution in [1.82, 2.24) is 0 Å². The van der Waals surface area contributed by atoms with Gasteiger partial charge >= 0.3 is 7.12 Å². The van der Waals surface area contributed by atoms with Gasteiger partial charge in [0.1, 0.15) is 0 Å². The van der Waals surface area contributed by atoms with Gasteiger partial charge < -0.3 is 10.0 Å². The van der Waals surface area contributed by atoms with Crippen LogP contribution in [0.4, 0.5) is 0 Å². The molecule has 0 aliphatic heterocycles. The van der Waals surface area contributed by atoms with Gasteiger partial charge in [-0.1, -0.05) is 13.0 Å². The van der Waals surface area contributed by atoms with Gasteiger partial charge in [-0.05, 0) is 23.9 Å². The van der Waals surface area contributed by atoms with Gasteiger partial charge in [0.05, 0.1) is 4.91 Å². The molecule has 0 spiro atoms. The van der Waals surface area contributed by atoms with Crippen molar-refractivity contribution in [2.24, 2.45) is 11.1 Å². The molecule has 1 atom stereocenters. The van der Waals surface area contributed by atoms with Gasteiger partial charge in [0.15, 0.2) is 0 Å². The summed E-state index contributed by atoms with van der Waals surface area (Å²) in [4.78, 5) is 0.120. The first-order valence-corrected chi connectivity index (χ1v) is 5.66. The van der Waals surface area contributed by atoms with Gasteiger partial charge in [0.25, 0.3) is 0 Å². The quantitative estimate of drug-likeness (QED) is 0.523. The Morgan fingerprint density at radius 2 is 2.07 bits per heavy atom. The second kappa shape index (κ2) is 3.86. The minimum Gasteiger partial charge on any atom is -0.423 e. The predicted molar refractivity (Wildman–Crippen MR) is 53.2 cm³/mol. The second-order valence-electron chi connectivity index (χ2n) is 3.32. The van der Waals surface area contributed by atoms with Gasteiger partial charge in [0, 0.05) is 0 Å². The Morgan fingerprint density at radius 3 is 2.43 bits per heavy atom. The van der Waals surface area contributed by atoms with E-state index in [1.807, 2.05) is 0 Å². The molecule has 1 aliphatic rings. The van der Waals surface area contributed by atoms with Crippen LogP contribution >= 0.6 is 0 Å². The molecular weight excluding hydrogens is 205 g/mol. The van der Waals surface area contributed by atoms with Crippen molar-refractivity contribution in [3.63, 3.8) is 0 Å². The topological polar surface area (TPSA) is 101 Å². The Kier molecular flexibility index (Phi) is 3.15. The molecule has 78 valence electrons. The zero-order valence-corrected chi connectivity index (χ0v) is 8.53. The summed E-state index contributed by atoms with van der Waals surface area (Å²) in [7, 11) is -5.19. The van der Waals surface area contributed by atoms with Crippen molar-refractivity contribution >= 4 is 17.1 Å². The van der Waals surface area contributed by atoms with E-state index in [-0.39, 0.29) is 17.2 Å². The van der Waals surface area contributed by atoms with E-state index in [0.29, 0.717) is 5.47 Å². The maximum Gasteiger partial charge on any atom is 0.484 e. The van der Waals surface area contributed by atoms with E-state index in [1.54, 1.807) is 6.92 Å². The largest absolute Gasteiger partial charge is 0.484 e. The van der Waals surface area contributed by atoms with Crippen LogP contribution in [0.15, 0.2) is 22.5 Å². The highest BCUT2D eigenvalue weighted by atomic mass is 32.2. The molecule has 0 radical (unpaired) electrons. The molecule has 14 heavy (non-hydrogen) atoms. The van der Waals surface area contributed by atoms with Gasteiger partial charge in [-0.15, -0.1) is 0 Å². The van der Waals surface area contributed by atoms with Crippen LogP contribution in [0.25, 0.3) is 0 Å². The lowest BCUT2D eigenvalue weighted by Crippen LogP contribution is -2.25. The number of rotatable bonds is 2. The van der Waals surface area contributed by atoms with Crippen molar-refractivity contribution in [3.05, 3.63) is 22.5 Å². The Labute approximate surface area is 83.1 Å². The van der Waals surface area contributed by atoms with Crippen LogP contribution in [-0.2, 0) is 10.0 Å². The van der Waals surface area contributed by atoms with E-state index < -0.39 is 17.1 Å². The number of nitrogens with two attached hydrogens (primary N) is 1. The predicted octanol–water partition coefficient (Wildman–Crippen LogP) is -0.863. The molecule has 0 aromatic carbocycles. The summed E-state index contributed by atoms with van der Waals surface area (Å²) in [5.41, 5.74) is 0.400. The number of allylic oxidation sites excluding steroid dienone is 4. The van der Waals surface area contributed by atoms with Crippen molar-refractivity contribution < 1.29 is 18.5 Å². The molecule has 0 fully saturated rings. The standard InChI is InChI=1S/C7H12BNO4S/c1-5-4-6(14(9,12)13)2-3-7(5)8(10)11/h2-3,5,10-11H,4H2,1H3,(H2,9,12,13). The highest BCUT2D eigenvalue weighted by Gasteiger charge is 2.27. The summed E-state index contributed by atoms with van der Waals surface area (Å²) in [5, 5.41) is 22.8. The Bertz CT molecular complexity index is 384. The zero-order chi connectivity index (χ0) is 10.9. The van der Waals surface area contributed by atoms with Gasteiger partial charge in [-0.2, -0.15) is 0 Å². The molecule has 1 rings (SSSR count). The molecule has 1 unspecified atom stereocenters. The van der Waals surface area contributed by atoms with E-state index in [4.69, 9.17) is 15.2 Å². The third kappa shape index (κ3) is 2.45. The van der Waals surface area contributed by atoms with Crippen LogP contribution in [0.5, 0.6) is 0 Å². The van der Waals surface area contributed by atoms with Crippen LogP contribution in [0.1, 0.15) is 13.3 Å². The summed E-state index contributed by atoms with van der Waals surface area (Å²) >= 11 is 0. The monoisotopic (exact) mass is 217 g/mol. The smallest absolute Gasteiger partial charge is 0.423 e. The fraction of sp³-hybridized carbons (Fsp3) is 0.429. The Morgan fingerprint density at radius 1 is 1.50 bits per heavy atom. The minimum absolute atomic E-state index is 0.120. The minimum atomic E-state index is -3.65. The number of primary sulfonamides is 1. The number of sulfonamides is 1. The zero-order valence-electron chi connectivity index (χ0n) is 7.71. The molecule has 5 nitrogen and oxygen atoms in total. The highest BCUT2D eigenvalue weighted by Crippen LogP contribution is 2.27. The maximum atomic E-state index is 11.0. The molecule has 0 amide bonds. The SMILES string of the molecule is CC1CC(S(N)(=O)=O)=CC=C1B(O)O. The molecule has 7 heteroatoms. The molecule has 0 heterocycles. The second-order valence-corrected chi connectivity index (χ2v) is 4.94. The number of hydrogen-bond donors (Lipinski definition) is 3. The normalized spacial score (nSPS) is 22.7. The average Bonchev–Trinajstić information content (AvgIpc) is 2.01. The molecule has 4 N–H and O–H groups in total. The molecule has 1 aliphatic carbocycles. The van der Waals surface area contributed by atoms with Crippen LogP contribution < -0.4 is 5.14 Å². The summed E-state index contributed by atoms with van der Waals surface area (Å²) in [5.74, 6) is -0.228. The fourth-order valence-corrected chi connectivity index (χ4v) is 2.13. The van der Waals surface area contributed by atoms with Crippen molar-refractivity contribution in [2.75, 3.05) is 0 Å². The third-order valence-electron chi connectivity index (χ3n) is 2.20. The lowest BCUT2D eigenvalue weighted by molar-refractivity contribution is 0.409. The Balaban J connectivity index is 3.02. The molecule has 0 bridgehead atoms. The lowest BCUT2D eigenvalue weighted by atomic mass is 9.69. The van der Waals surface area contributed by atoms with Crippen LogP contribution in [0, 0.1) is 5.92 Å².